The van der Waals surface area contributed by atoms with Gasteiger partial charge in [0.05, 0.1) is 4.70 Å². The molecule has 1 aliphatic rings. The Kier molecular flexibility index (Phi) is 4.92. The van der Waals surface area contributed by atoms with Crippen molar-refractivity contribution in [2.75, 3.05) is 25.5 Å². The summed E-state index contributed by atoms with van der Waals surface area (Å²) in [7, 11) is 3.87. The molecule has 1 amide bonds. The lowest BCUT2D eigenvalue weighted by Crippen LogP contribution is -2.42. The van der Waals surface area contributed by atoms with E-state index < -0.39 is 12.1 Å². The Morgan fingerprint density at radius 2 is 2.15 bits per heavy atom. The Balaban J connectivity index is 1.41. The molecule has 0 fully saturated rings. The number of rotatable bonds is 4. The first-order valence-corrected chi connectivity index (χ1v) is 11.1. The van der Waals surface area contributed by atoms with Crippen LogP contribution in [-0.2, 0) is 22.5 Å². The molecule has 27 heavy (non-hydrogen) atoms. The molecule has 1 aliphatic heterocycles. The molecule has 142 valence electrons. The van der Waals surface area contributed by atoms with Gasteiger partial charge in [-0.15, -0.1) is 22.7 Å². The maximum Gasteiger partial charge on any atom is 0.349 e. The number of nitrogens with zero attached hydrogens (tertiary/aromatic N) is 3. The summed E-state index contributed by atoms with van der Waals surface area (Å²) in [6.07, 6.45) is 0.0589. The summed E-state index contributed by atoms with van der Waals surface area (Å²) < 4.78 is 6.40. The van der Waals surface area contributed by atoms with Gasteiger partial charge in [-0.2, -0.15) is 0 Å². The summed E-state index contributed by atoms with van der Waals surface area (Å²) in [6.45, 7) is 2.90. The Bertz CT molecular complexity index is 972. The normalized spacial score (nSPS) is 14.9. The lowest BCUT2D eigenvalue weighted by atomic mass is 10.1. The summed E-state index contributed by atoms with van der Waals surface area (Å²) >= 11 is 4.56. The van der Waals surface area contributed by atoms with E-state index in [4.69, 9.17) is 4.74 Å². The van der Waals surface area contributed by atoms with E-state index in [0.29, 0.717) is 18.0 Å². The van der Waals surface area contributed by atoms with E-state index in [2.05, 4.69) is 16.4 Å². The van der Waals surface area contributed by atoms with Gasteiger partial charge in [0, 0.05) is 32.1 Å². The highest BCUT2D eigenvalue weighted by Crippen LogP contribution is 2.34. The van der Waals surface area contributed by atoms with Crippen LogP contribution >= 0.6 is 34.0 Å². The van der Waals surface area contributed by atoms with Crippen molar-refractivity contribution in [3.63, 3.8) is 0 Å². The zero-order chi connectivity index (χ0) is 19.1. The maximum absolute atomic E-state index is 12.7. The first-order chi connectivity index (χ1) is 12.9. The zero-order valence-corrected chi connectivity index (χ0v) is 17.7. The topological polar surface area (TPSA) is 62.7 Å². The van der Waals surface area contributed by atoms with Crippen molar-refractivity contribution in [3.8, 4) is 0 Å². The predicted molar refractivity (Wildman–Crippen MR) is 110 cm³/mol. The van der Waals surface area contributed by atoms with Gasteiger partial charge >= 0.3 is 5.97 Å². The predicted octanol–water partition coefficient (Wildman–Crippen LogP) is 3.62. The van der Waals surface area contributed by atoms with Crippen LogP contribution in [0, 0.1) is 0 Å². The number of aromatic nitrogens is 1. The number of anilines is 1. The third kappa shape index (κ3) is 3.59. The molecule has 0 N–H and O–H groups in total. The molecular weight excluding hydrogens is 402 g/mol. The molecular formula is C18H19N3O3S3. The van der Waals surface area contributed by atoms with Crippen LogP contribution in [0.5, 0.6) is 0 Å². The van der Waals surface area contributed by atoms with Crippen molar-refractivity contribution in [1.29, 1.82) is 0 Å². The highest BCUT2D eigenvalue weighted by molar-refractivity contribution is 7.29. The standard InChI is InChI=1S/C18H19N3O3S3/c1-10(16(22)21-6-4-12-11(9-21)5-7-25-12)24-17(23)14-8-13-15(26-14)19-18(27-13)20(2)3/h5,7-8,10H,4,6,9H2,1-3H3. The van der Waals surface area contributed by atoms with E-state index in [1.54, 1.807) is 29.2 Å². The fraction of sp³-hybridized carbons (Fsp3) is 0.389. The van der Waals surface area contributed by atoms with E-state index in [1.807, 2.05) is 19.0 Å². The quantitative estimate of drug-likeness (QED) is 0.602. The van der Waals surface area contributed by atoms with Crippen LogP contribution in [0.15, 0.2) is 17.5 Å². The van der Waals surface area contributed by atoms with Crippen molar-refractivity contribution in [2.45, 2.75) is 26.0 Å². The SMILES string of the molecule is CC(OC(=O)c1cc2sc(N(C)C)nc2s1)C(=O)N1CCc2sccc2C1. The number of esters is 1. The average molecular weight is 422 g/mol. The van der Waals surface area contributed by atoms with Gasteiger partial charge < -0.3 is 14.5 Å². The molecule has 0 aliphatic carbocycles. The molecule has 0 radical (unpaired) electrons. The Morgan fingerprint density at radius 3 is 2.89 bits per heavy atom. The molecule has 1 unspecified atom stereocenters. The third-order valence-corrected chi connectivity index (χ3v) is 7.74. The lowest BCUT2D eigenvalue weighted by molar-refractivity contribution is -0.140. The first kappa shape index (κ1) is 18.4. The van der Waals surface area contributed by atoms with Crippen LogP contribution in [0.3, 0.4) is 0 Å². The number of hydrogen-bond donors (Lipinski definition) is 0. The van der Waals surface area contributed by atoms with E-state index in [1.165, 1.54) is 33.1 Å². The van der Waals surface area contributed by atoms with E-state index in [-0.39, 0.29) is 5.91 Å². The highest BCUT2D eigenvalue weighted by atomic mass is 32.1. The molecule has 6 nitrogen and oxygen atoms in total. The Morgan fingerprint density at radius 1 is 1.33 bits per heavy atom. The van der Waals surface area contributed by atoms with Crippen LogP contribution in [0.1, 0.15) is 27.0 Å². The summed E-state index contributed by atoms with van der Waals surface area (Å²) in [4.78, 5) is 36.0. The fourth-order valence-electron chi connectivity index (χ4n) is 2.98. The van der Waals surface area contributed by atoms with Gasteiger partial charge in [0.25, 0.3) is 5.91 Å². The van der Waals surface area contributed by atoms with Crippen molar-refractivity contribution >= 4 is 60.5 Å². The number of thiazole rings is 1. The molecule has 4 heterocycles. The Labute approximate surface area is 169 Å². The van der Waals surface area contributed by atoms with Crippen LogP contribution < -0.4 is 4.90 Å². The van der Waals surface area contributed by atoms with Crippen LogP contribution in [0.25, 0.3) is 9.53 Å². The molecule has 4 rings (SSSR count). The average Bonchev–Trinajstić information content (AvgIpc) is 3.33. The summed E-state index contributed by atoms with van der Waals surface area (Å²) in [5, 5.41) is 2.96. The largest absolute Gasteiger partial charge is 0.448 e. The second-order valence-electron chi connectivity index (χ2n) is 6.60. The van der Waals surface area contributed by atoms with Gasteiger partial charge in [0.15, 0.2) is 11.2 Å². The van der Waals surface area contributed by atoms with E-state index in [9.17, 15) is 9.59 Å². The molecule has 1 atom stereocenters. The summed E-state index contributed by atoms with van der Waals surface area (Å²) in [5.74, 6) is -0.614. The number of fused-ring (bicyclic) bond motifs is 2. The number of carbonyl (C=O) groups is 2. The zero-order valence-electron chi connectivity index (χ0n) is 15.2. The first-order valence-electron chi connectivity index (χ1n) is 8.55. The van der Waals surface area contributed by atoms with Crippen LogP contribution in [0.2, 0.25) is 0 Å². The molecule has 3 aromatic rings. The second kappa shape index (κ2) is 7.21. The number of carbonyl (C=O) groups excluding carboxylic acids is 2. The number of amides is 1. The molecule has 0 aromatic carbocycles. The minimum absolute atomic E-state index is 0.147. The fourth-order valence-corrected chi connectivity index (χ4v) is 5.88. The summed E-state index contributed by atoms with van der Waals surface area (Å²) in [5.41, 5.74) is 1.19. The van der Waals surface area contributed by atoms with Gasteiger partial charge in [-0.25, -0.2) is 9.78 Å². The van der Waals surface area contributed by atoms with E-state index in [0.717, 1.165) is 21.1 Å². The van der Waals surface area contributed by atoms with E-state index >= 15 is 0 Å². The molecule has 0 bridgehead atoms. The summed E-state index contributed by atoms with van der Waals surface area (Å²) in [6, 6.07) is 3.85. The molecule has 3 aromatic heterocycles. The lowest BCUT2D eigenvalue weighted by Gasteiger charge is -2.29. The van der Waals surface area contributed by atoms with Gasteiger partial charge in [0.1, 0.15) is 9.71 Å². The van der Waals surface area contributed by atoms with Crippen LogP contribution in [-0.4, -0.2) is 48.5 Å². The molecule has 0 spiro atoms. The number of thiophene rings is 2. The minimum Gasteiger partial charge on any atom is -0.448 e. The molecule has 0 saturated carbocycles. The molecule has 0 saturated heterocycles. The van der Waals surface area contributed by atoms with Gasteiger partial charge in [0.2, 0.25) is 0 Å². The number of ether oxygens (including phenoxy) is 1. The van der Waals surface area contributed by atoms with Crippen molar-refractivity contribution in [1.82, 2.24) is 9.88 Å². The van der Waals surface area contributed by atoms with Crippen molar-refractivity contribution < 1.29 is 14.3 Å². The van der Waals surface area contributed by atoms with Gasteiger partial charge in [-0.3, -0.25) is 4.79 Å². The van der Waals surface area contributed by atoms with Crippen molar-refractivity contribution in [3.05, 3.63) is 32.8 Å². The minimum atomic E-state index is -0.803. The van der Waals surface area contributed by atoms with Gasteiger partial charge in [-0.1, -0.05) is 11.3 Å². The van der Waals surface area contributed by atoms with Crippen molar-refractivity contribution in [2.24, 2.45) is 0 Å². The monoisotopic (exact) mass is 421 g/mol. The number of hydrogen-bond acceptors (Lipinski definition) is 8. The molecule has 9 heteroatoms. The second-order valence-corrected chi connectivity index (χ2v) is 9.64. The van der Waals surface area contributed by atoms with Gasteiger partial charge in [-0.05, 0) is 36.4 Å². The van der Waals surface area contributed by atoms with Crippen LogP contribution in [0.4, 0.5) is 5.13 Å². The smallest absolute Gasteiger partial charge is 0.349 e. The maximum atomic E-state index is 12.7. The Hall–Kier alpha value is -1.97. The third-order valence-electron chi connectivity index (χ3n) is 4.41. The highest BCUT2D eigenvalue weighted by Gasteiger charge is 2.28.